The number of benzene rings is 2. The summed E-state index contributed by atoms with van der Waals surface area (Å²) >= 11 is 0. The lowest BCUT2D eigenvalue weighted by Gasteiger charge is -2.34. The van der Waals surface area contributed by atoms with Crippen LogP contribution in [0, 0.1) is 0 Å². The normalized spacial score (nSPS) is 19.1. The molecular weight excluding hydrogens is 344 g/mol. The third-order valence-electron chi connectivity index (χ3n) is 5.28. The van der Waals surface area contributed by atoms with Crippen LogP contribution in [-0.4, -0.2) is 40.9 Å². The summed E-state index contributed by atoms with van der Waals surface area (Å²) in [7, 11) is 0. The molecule has 0 spiro atoms. The first-order valence-corrected chi connectivity index (χ1v) is 9.08. The largest absolute Gasteiger partial charge is 0.479 e. The first kappa shape index (κ1) is 17.3. The Bertz CT molecular complexity index is 907. The first-order valence-electron chi connectivity index (χ1n) is 9.08. The second-order valence-corrected chi connectivity index (χ2v) is 6.88. The Balaban J connectivity index is 1.60. The van der Waals surface area contributed by atoms with Gasteiger partial charge in [0.2, 0.25) is 5.91 Å². The van der Waals surface area contributed by atoms with E-state index in [4.69, 9.17) is 0 Å². The number of carboxylic acids is 1. The maximum atomic E-state index is 13.0. The van der Waals surface area contributed by atoms with Gasteiger partial charge in [-0.15, -0.1) is 0 Å². The standard InChI is InChI=1S/C21H20N2O4/c24-18-6-3-12-22(18)16-9-7-15(8-10-16)20(25)23-13-11-14-4-1-2-5-17(14)19(23)21(26)27/h1-2,4-5,7-10,19H,3,6,11-13H2,(H,26,27). The van der Waals surface area contributed by atoms with Gasteiger partial charge >= 0.3 is 5.97 Å². The molecule has 0 radical (unpaired) electrons. The molecule has 2 amide bonds. The van der Waals surface area contributed by atoms with Crippen molar-refractivity contribution in [3.63, 3.8) is 0 Å². The van der Waals surface area contributed by atoms with Gasteiger partial charge in [-0.1, -0.05) is 24.3 Å². The fraction of sp³-hybridized carbons (Fsp3) is 0.286. The van der Waals surface area contributed by atoms with Crippen molar-refractivity contribution < 1.29 is 19.5 Å². The quantitative estimate of drug-likeness (QED) is 0.908. The summed E-state index contributed by atoms with van der Waals surface area (Å²) < 4.78 is 0. The van der Waals surface area contributed by atoms with Gasteiger partial charge in [0.1, 0.15) is 0 Å². The van der Waals surface area contributed by atoms with E-state index in [1.54, 1.807) is 41.3 Å². The summed E-state index contributed by atoms with van der Waals surface area (Å²) in [6.45, 7) is 1.05. The molecule has 1 N–H and O–H groups in total. The highest BCUT2D eigenvalue weighted by molar-refractivity contribution is 5.99. The van der Waals surface area contributed by atoms with Crippen molar-refractivity contribution in [2.75, 3.05) is 18.0 Å². The number of nitrogens with zero attached hydrogens (tertiary/aromatic N) is 2. The Kier molecular flexibility index (Phi) is 4.39. The van der Waals surface area contributed by atoms with Crippen molar-refractivity contribution in [1.82, 2.24) is 4.90 Å². The zero-order valence-electron chi connectivity index (χ0n) is 14.8. The Morgan fingerprint density at radius 1 is 0.963 bits per heavy atom. The highest BCUT2D eigenvalue weighted by atomic mass is 16.4. The molecule has 2 aromatic rings. The van der Waals surface area contributed by atoms with Gasteiger partial charge in [-0.3, -0.25) is 9.59 Å². The third-order valence-corrected chi connectivity index (χ3v) is 5.28. The minimum absolute atomic E-state index is 0.0904. The molecule has 2 heterocycles. The van der Waals surface area contributed by atoms with Crippen LogP contribution >= 0.6 is 0 Å². The van der Waals surface area contributed by atoms with Gasteiger partial charge in [0.25, 0.3) is 5.91 Å². The summed E-state index contributed by atoms with van der Waals surface area (Å²) in [6, 6.07) is 13.2. The Morgan fingerprint density at radius 2 is 1.70 bits per heavy atom. The van der Waals surface area contributed by atoms with Crippen molar-refractivity contribution in [1.29, 1.82) is 0 Å². The van der Waals surface area contributed by atoms with E-state index in [-0.39, 0.29) is 11.8 Å². The van der Waals surface area contributed by atoms with Crippen LogP contribution in [0.1, 0.15) is 40.4 Å². The van der Waals surface area contributed by atoms with Crippen molar-refractivity contribution in [3.05, 3.63) is 65.2 Å². The van der Waals surface area contributed by atoms with Crippen molar-refractivity contribution in [2.45, 2.75) is 25.3 Å². The molecule has 2 aromatic carbocycles. The number of rotatable bonds is 3. The van der Waals surface area contributed by atoms with Crippen LogP contribution in [0.25, 0.3) is 0 Å². The fourth-order valence-electron chi connectivity index (χ4n) is 3.92. The minimum Gasteiger partial charge on any atom is -0.479 e. The van der Waals surface area contributed by atoms with Crippen LogP contribution in [0.15, 0.2) is 48.5 Å². The number of aliphatic carboxylic acids is 1. The van der Waals surface area contributed by atoms with E-state index in [1.807, 2.05) is 12.1 Å². The van der Waals surface area contributed by atoms with Crippen molar-refractivity contribution in [3.8, 4) is 0 Å². The van der Waals surface area contributed by atoms with Crippen LogP contribution in [0.2, 0.25) is 0 Å². The molecule has 0 saturated carbocycles. The van der Waals surface area contributed by atoms with E-state index in [2.05, 4.69) is 0 Å². The maximum Gasteiger partial charge on any atom is 0.331 e. The van der Waals surface area contributed by atoms with Gasteiger partial charge in [-0.05, 0) is 48.2 Å². The molecular formula is C21H20N2O4. The number of hydrogen-bond donors (Lipinski definition) is 1. The summed E-state index contributed by atoms with van der Waals surface area (Å²) in [5.74, 6) is -1.25. The lowest BCUT2D eigenvalue weighted by molar-refractivity contribution is -0.143. The fourth-order valence-corrected chi connectivity index (χ4v) is 3.92. The van der Waals surface area contributed by atoms with Crippen LogP contribution in [-0.2, 0) is 16.0 Å². The van der Waals surface area contributed by atoms with Gasteiger partial charge < -0.3 is 14.9 Å². The second-order valence-electron chi connectivity index (χ2n) is 6.88. The summed E-state index contributed by atoms with van der Waals surface area (Å²) in [5.41, 5.74) is 2.84. The number of anilines is 1. The van der Waals surface area contributed by atoms with E-state index >= 15 is 0 Å². The molecule has 1 unspecified atom stereocenters. The van der Waals surface area contributed by atoms with Crippen LogP contribution in [0.3, 0.4) is 0 Å². The van der Waals surface area contributed by atoms with Crippen molar-refractivity contribution in [2.24, 2.45) is 0 Å². The molecule has 6 heteroatoms. The van der Waals surface area contributed by atoms with E-state index in [9.17, 15) is 19.5 Å². The van der Waals surface area contributed by atoms with E-state index in [0.717, 1.165) is 17.7 Å². The maximum absolute atomic E-state index is 13.0. The summed E-state index contributed by atoms with van der Waals surface area (Å²) in [5, 5.41) is 9.73. The summed E-state index contributed by atoms with van der Waals surface area (Å²) in [6.07, 6.45) is 2.02. The average molecular weight is 364 g/mol. The monoisotopic (exact) mass is 364 g/mol. The highest BCUT2D eigenvalue weighted by Gasteiger charge is 2.36. The van der Waals surface area contributed by atoms with Gasteiger partial charge in [-0.25, -0.2) is 4.79 Å². The number of carboxylic acid groups (broad SMARTS) is 1. The molecule has 0 aliphatic carbocycles. The molecule has 0 aromatic heterocycles. The van der Waals surface area contributed by atoms with E-state index in [1.165, 1.54) is 4.90 Å². The molecule has 27 heavy (non-hydrogen) atoms. The van der Waals surface area contributed by atoms with E-state index < -0.39 is 12.0 Å². The molecule has 1 fully saturated rings. The first-order chi connectivity index (χ1) is 13.1. The lowest BCUT2D eigenvalue weighted by atomic mass is 9.92. The molecule has 138 valence electrons. The smallest absolute Gasteiger partial charge is 0.331 e. The molecule has 2 aliphatic heterocycles. The predicted molar refractivity (Wildman–Crippen MR) is 99.6 cm³/mol. The Hall–Kier alpha value is -3.15. The van der Waals surface area contributed by atoms with Gasteiger partial charge in [0.15, 0.2) is 6.04 Å². The SMILES string of the molecule is O=C(O)C1c2ccccc2CCN1C(=O)c1ccc(N2CCCC2=O)cc1. The third kappa shape index (κ3) is 3.07. The topological polar surface area (TPSA) is 77.9 Å². The van der Waals surface area contributed by atoms with Gasteiger partial charge in [-0.2, -0.15) is 0 Å². The zero-order chi connectivity index (χ0) is 19.0. The Morgan fingerprint density at radius 3 is 2.37 bits per heavy atom. The molecule has 4 rings (SSSR count). The molecule has 6 nitrogen and oxygen atoms in total. The zero-order valence-corrected chi connectivity index (χ0v) is 14.8. The lowest BCUT2D eigenvalue weighted by Crippen LogP contribution is -2.43. The average Bonchev–Trinajstić information content (AvgIpc) is 3.12. The number of carbonyl (C=O) groups excluding carboxylic acids is 2. The number of fused-ring (bicyclic) bond motifs is 1. The second kappa shape index (κ2) is 6.87. The van der Waals surface area contributed by atoms with Crippen LogP contribution in [0.4, 0.5) is 5.69 Å². The predicted octanol–water partition coefficient (Wildman–Crippen LogP) is 2.64. The number of amides is 2. The number of hydrogen-bond acceptors (Lipinski definition) is 3. The van der Waals surface area contributed by atoms with Crippen molar-refractivity contribution >= 4 is 23.5 Å². The van der Waals surface area contributed by atoms with Crippen LogP contribution in [0.5, 0.6) is 0 Å². The van der Waals surface area contributed by atoms with E-state index in [0.29, 0.717) is 37.1 Å². The molecule has 0 bridgehead atoms. The Labute approximate surface area is 157 Å². The minimum atomic E-state index is -1.03. The van der Waals surface area contributed by atoms with Gasteiger partial charge in [0, 0.05) is 30.8 Å². The van der Waals surface area contributed by atoms with Gasteiger partial charge in [0.05, 0.1) is 0 Å². The molecule has 1 saturated heterocycles. The molecule has 1 atom stereocenters. The van der Waals surface area contributed by atoms with Crippen LogP contribution < -0.4 is 4.90 Å². The highest BCUT2D eigenvalue weighted by Crippen LogP contribution is 2.31. The number of carbonyl (C=O) groups is 3. The molecule has 2 aliphatic rings. The summed E-state index contributed by atoms with van der Waals surface area (Å²) in [4.78, 5) is 39.9.